The van der Waals surface area contributed by atoms with Crippen LogP contribution in [0.4, 0.5) is 11.6 Å². The Bertz CT molecular complexity index is 928. The summed E-state index contributed by atoms with van der Waals surface area (Å²) in [6, 6.07) is 10.9. The maximum Gasteiger partial charge on any atom is 0.270 e. The number of furan rings is 1. The highest BCUT2D eigenvalue weighted by Gasteiger charge is 2.35. The van der Waals surface area contributed by atoms with Crippen LogP contribution in [-0.2, 0) is 9.59 Å². The minimum absolute atomic E-state index is 0.0210. The highest BCUT2D eigenvalue weighted by molar-refractivity contribution is 7.80. The van der Waals surface area contributed by atoms with Gasteiger partial charge in [-0.3, -0.25) is 19.8 Å². The Morgan fingerprint density at radius 2 is 1.85 bits per heavy atom. The van der Waals surface area contributed by atoms with E-state index in [1.807, 2.05) is 49.9 Å². The van der Waals surface area contributed by atoms with Crippen LogP contribution in [0.2, 0.25) is 0 Å². The third-order valence-corrected chi connectivity index (χ3v) is 4.72. The second kappa shape index (κ2) is 7.75. The van der Waals surface area contributed by atoms with Gasteiger partial charge in [-0.1, -0.05) is 18.2 Å². The van der Waals surface area contributed by atoms with Gasteiger partial charge in [-0.15, -0.1) is 0 Å². The minimum Gasteiger partial charge on any atom is -0.441 e. The molecule has 0 unspecified atom stereocenters. The van der Waals surface area contributed by atoms with Gasteiger partial charge in [0.1, 0.15) is 11.3 Å². The summed E-state index contributed by atoms with van der Waals surface area (Å²) < 4.78 is 5.78. The van der Waals surface area contributed by atoms with Crippen LogP contribution in [0.15, 0.2) is 46.4 Å². The van der Waals surface area contributed by atoms with Crippen LogP contribution in [0.5, 0.6) is 0 Å². The third kappa shape index (κ3) is 3.64. The summed E-state index contributed by atoms with van der Waals surface area (Å²) in [4.78, 5) is 28.8. The van der Waals surface area contributed by atoms with Gasteiger partial charge in [0.05, 0.1) is 5.69 Å². The van der Waals surface area contributed by atoms with E-state index < -0.39 is 11.8 Å². The van der Waals surface area contributed by atoms with Gasteiger partial charge < -0.3 is 9.32 Å². The number of hydrogen-bond acceptors (Lipinski definition) is 5. The summed E-state index contributed by atoms with van der Waals surface area (Å²) in [5.41, 5.74) is 1.50. The fourth-order valence-electron chi connectivity index (χ4n) is 2.96. The van der Waals surface area contributed by atoms with Crippen LogP contribution in [0.25, 0.3) is 6.08 Å². The summed E-state index contributed by atoms with van der Waals surface area (Å²) >= 11 is 5.23. The van der Waals surface area contributed by atoms with E-state index in [0.717, 1.165) is 18.7 Å². The molecular weight excluding hydrogens is 362 g/mol. The van der Waals surface area contributed by atoms with Gasteiger partial charge in [-0.05, 0) is 56.8 Å². The van der Waals surface area contributed by atoms with Gasteiger partial charge in [0.25, 0.3) is 11.8 Å². The molecule has 27 heavy (non-hydrogen) atoms. The normalized spacial score (nSPS) is 16.0. The molecule has 1 saturated heterocycles. The third-order valence-electron chi connectivity index (χ3n) is 4.43. The molecule has 1 N–H and O–H groups in total. The maximum absolute atomic E-state index is 13.0. The summed E-state index contributed by atoms with van der Waals surface area (Å²) in [6.07, 6.45) is 1.46. The average molecular weight is 383 g/mol. The van der Waals surface area contributed by atoms with E-state index in [0.29, 0.717) is 17.3 Å². The van der Waals surface area contributed by atoms with Crippen molar-refractivity contribution in [2.24, 2.45) is 0 Å². The van der Waals surface area contributed by atoms with Gasteiger partial charge in [-0.25, -0.2) is 0 Å². The largest absolute Gasteiger partial charge is 0.441 e. The summed E-state index contributed by atoms with van der Waals surface area (Å²) in [7, 11) is 0. The number of nitrogens with zero attached hydrogens (tertiary/aromatic N) is 2. The number of amides is 2. The van der Waals surface area contributed by atoms with E-state index in [4.69, 9.17) is 16.6 Å². The Balaban J connectivity index is 1.96. The van der Waals surface area contributed by atoms with Gasteiger partial charge in [0.2, 0.25) is 0 Å². The number of rotatable bonds is 5. The van der Waals surface area contributed by atoms with Crippen LogP contribution in [-0.4, -0.2) is 30.0 Å². The number of nitrogens with one attached hydrogen (secondary N) is 1. The maximum atomic E-state index is 13.0. The molecule has 140 valence electrons. The zero-order valence-electron chi connectivity index (χ0n) is 15.5. The van der Waals surface area contributed by atoms with Crippen LogP contribution in [0.3, 0.4) is 0 Å². The summed E-state index contributed by atoms with van der Waals surface area (Å²) in [6.45, 7) is 7.55. The molecule has 1 aromatic carbocycles. The fraction of sp³-hybridized carbons (Fsp3) is 0.250. The average Bonchev–Trinajstić information content (AvgIpc) is 3.09. The second-order valence-electron chi connectivity index (χ2n) is 6.09. The van der Waals surface area contributed by atoms with Crippen molar-refractivity contribution < 1.29 is 14.0 Å². The lowest BCUT2D eigenvalue weighted by molar-refractivity contribution is -0.122. The number of benzene rings is 1. The lowest BCUT2D eigenvalue weighted by Gasteiger charge is -2.29. The van der Waals surface area contributed by atoms with Crippen LogP contribution in [0.1, 0.15) is 25.2 Å². The lowest BCUT2D eigenvalue weighted by atomic mass is 10.1. The molecule has 7 heteroatoms. The first-order chi connectivity index (χ1) is 13.0. The molecule has 0 aliphatic carbocycles. The quantitative estimate of drug-likeness (QED) is 0.488. The Morgan fingerprint density at radius 1 is 1.15 bits per heavy atom. The monoisotopic (exact) mass is 383 g/mol. The number of anilines is 2. The Morgan fingerprint density at radius 3 is 2.52 bits per heavy atom. The van der Waals surface area contributed by atoms with E-state index in [2.05, 4.69) is 5.32 Å². The molecule has 0 spiro atoms. The zero-order valence-corrected chi connectivity index (χ0v) is 16.3. The first-order valence-electron chi connectivity index (χ1n) is 8.78. The molecule has 2 amide bonds. The standard InChI is InChI=1S/C20H21N3O3S/c1-4-22(5-2)17-11-10-14(26-17)12-15-18(24)21-20(27)23(19(15)25)16-9-7-6-8-13(16)3/h6-12H,4-5H2,1-3H3,(H,21,24,27)/b15-12+. The van der Waals surface area contributed by atoms with Crippen molar-refractivity contribution >= 4 is 46.8 Å². The number of para-hydroxylation sites is 1. The smallest absolute Gasteiger partial charge is 0.270 e. The second-order valence-corrected chi connectivity index (χ2v) is 6.48. The van der Waals surface area contributed by atoms with Crippen molar-refractivity contribution in [3.8, 4) is 0 Å². The molecule has 2 aromatic rings. The number of hydrogen-bond donors (Lipinski definition) is 1. The predicted octanol–water partition coefficient (Wildman–Crippen LogP) is 3.27. The molecule has 1 aromatic heterocycles. The van der Waals surface area contributed by atoms with E-state index in [-0.39, 0.29) is 10.7 Å². The predicted molar refractivity (Wildman–Crippen MR) is 110 cm³/mol. The Hall–Kier alpha value is -2.93. The van der Waals surface area contributed by atoms with Crippen LogP contribution >= 0.6 is 12.2 Å². The van der Waals surface area contributed by atoms with Crippen LogP contribution < -0.4 is 15.1 Å². The van der Waals surface area contributed by atoms with Crippen molar-refractivity contribution in [2.75, 3.05) is 22.9 Å². The Kier molecular flexibility index (Phi) is 5.41. The van der Waals surface area contributed by atoms with E-state index in [9.17, 15) is 9.59 Å². The molecule has 0 atom stereocenters. The number of aryl methyl sites for hydroxylation is 1. The molecular formula is C20H21N3O3S. The van der Waals surface area contributed by atoms with Gasteiger partial charge in [0, 0.05) is 19.2 Å². The molecule has 2 heterocycles. The van der Waals surface area contributed by atoms with E-state index in [1.165, 1.54) is 11.0 Å². The van der Waals surface area contributed by atoms with Crippen molar-refractivity contribution in [3.05, 3.63) is 53.3 Å². The molecule has 1 aliphatic heterocycles. The molecule has 0 radical (unpaired) electrons. The SMILES string of the molecule is CCN(CC)c1ccc(/C=C2\C(=O)NC(=S)N(c3ccccc3C)C2=O)o1. The summed E-state index contributed by atoms with van der Waals surface area (Å²) in [5.74, 6) is 0.129. The van der Waals surface area contributed by atoms with Crippen molar-refractivity contribution in [1.82, 2.24) is 5.32 Å². The summed E-state index contributed by atoms with van der Waals surface area (Å²) in [5, 5.41) is 2.65. The molecule has 1 aliphatic rings. The molecule has 0 bridgehead atoms. The molecule has 1 fully saturated rings. The number of carbonyl (C=O) groups excluding carboxylic acids is 2. The zero-order chi connectivity index (χ0) is 19.6. The molecule has 3 rings (SSSR count). The number of thiocarbonyl (C=S) groups is 1. The fourth-order valence-corrected chi connectivity index (χ4v) is 3.23. The minimum atomic E-state index is -0.532. The van der Waals surface area contributed by atoms with Crippen molar-refractivity contribution in [2.45, 2.75) is 20.8 Å². The van der Waals surface area contributed by atoms with E-state index in [1.54, 1.807) is 12.1 Å². The van der Waals surface area contributed by atoms with Crippen molar-refractivity contribution in [1.29, 1.82) is 0 Å². The Labute approximate surface area is 163 Å². The highest BCUT2D eigenvalue weighted by atomic mass is 32.1. The topological polar surface area (TPSA) is 65.8 Å². The van der Waals surface area contributed by atoms with Gasteiger partial charge in [0.15, 0.2) is 11.0 Å². The molecule has 0 saturated carbocycles. The first-order valence-corrected chi connectivity index (χ1v) is 9.19. The van der Waals surface area contributed by atoms with Gasteiger partial charge in [-0.2, -0.15) is 0 Å². The van der Waals surface area contributed by atoms with E-state index >= 15 is 0 Å². The van der Waals surface area contributed by atoms with Gasteiger partial charge >= 0.3 is 0 Å². The lowest BCUT2D eigenvalue weighted by Crippen LogP contribution is -2.54. The van der Waals surface area contributed by atoms with Crippen LogP contribution in [0, 0.1) is 6.92 Å². The first kappa shape index (κ1) is 18.8. The van der Waals surface area contributed by atoms with Crippen molar-refractivity contribution in [3.63, 3.8) is 0 Å². The molecule has 6 nitrogen and oxygen atoms in total. The highest BCUT2D eigenvalue weighted by Crippen LogP contribution is 2.26. The number of carbonyl (C=O) groups is 2.